The quantitative estimate of drug-likeness (QED) is 0.164. The van der Waals surface area contributed by atoms with Crippen molar-refractivity contribution < 1.29 is 13.2 Å². The average Bonchev–Trinajstić information content (AvgIpc) is 3.65. The summed E-state index contributed by atoms with van der Waals surface area (Å²) in [6.07, 6.45) is 0. The minimum absolute atomic E-state index is 0.135. The number of rotatable bonds is 3. The number of nitriles is 1. The third kappa shape index (κ3) is 6.69. The summed E-state index contributed by atoms with van der Waals surface area (Å²) in [5.74, 6) is -3.34. The SMILES string of the molecule is CC(C)(C)c1ccc2c(c1)c1cc(C(C)(C)C)ccc1n2-c1cc(-c2cc(F)cc(F)c2F)cc(-n2c3ccc(C(C)(C)C)cc3c3cc(C(C)(C)C)ccc32)c1C#N. The third-order valence-electron chi connectivity index (χ3n) is 12.0. The molecule has 2 heterocycles. The van der Waals surface area contributed by atoms with Crippen LogP contribution in [0.1, 0.15) is 111 Å². The standard InChI is InChI=1S/C53H52F3N3/c1-50(2,3)31-13-17-43-37(23-31)38-24-32(51(4,5)6)14-18-44(38)58(43)47-21-30(36-27-35(54)28-42(55)49(36)56)22-48(41(47)29-57)59-45-19-15-33(52(7,8)9)25-39(45)40-26-34(53(10,11)12)16-20-46(40)59/h13-28H,1-12H3. The molecule has 0 aliphatic rings. The fraction of sp³-hybridized carbons (Fsp3) is 0.302. The van der Waals surface area contributed by atoms with Crippen LogP contribution in [0.5, 0.6) is 0 Å². The van der Waals surface area contributed by atoms with Crippen LogP contribution in [0.4, 0.5) is 13.2 Å². The van der Waals surface area contributed by atoms with E-state index < -0.39 is 17.5 Å². The lowest BCUT2D eigenvalue weighted by atomic mass is 9.85. The number of aromatic nitrogens is 2. The lowest BCUT2D eigenvalue weighted by Gasteiger charge is -2.21. The summed E-state index contributed by atoms with van der Waals surface area (Å²) < 4.78 is 50.3. The van der Waals surface area contributed by atoms with Gasteiger partial charge in [0, 0.05) is 33.2 Å². The van der Waals surface area contributed by atoms with Gasteiger partial charge in [0.25, 0.3) is 0 Å². The van der Waals surface area contributed by atoms with Gasteiger partial charge in [0.15, 0.2) is 11.6 Å². The Morgan fingerprint density at radius 1 is 0.441 bits per heavy atom. The van der Waals surface area contributed by atoms with Crippen LogP contribution in [-0.4, -0.2) is 9.13 Å². The van der Waals surface area contributed by atoms with E-state index in [-0.39, 0.29) is 32.8 Å². The molecule has 6 heteroatoms. The Bertz CT molecular complexity index is 2750. The molecule has 2 aromatic heterocycles. The van der Waals surface area contributed by atoms with Crippen LogP contribution < -0.4 is 0 Å². The fourth-order valence-electron chi connectivity index (χ4n) is 8.43. The molecule has 0 saturated heterocycles. The fourth-order valence-corrected chi connectivity index (χ4v) is 8.43. The minimum atomic E-state index is -1.28. The Morgan fingerprint density at radius 2 is 0.763 bits per heavy atom. The van der Waals surface area contributed by atoms with E-state index >= 15 is 13.2 Å². The highest BCUT2D eigenvalue weighted by atomic mass is 19.2. The summed E-state index contributed by atoms with van der Waals surface area (Å²) in [5.41, 5.74) is 8.83. The zero-order valence-corrected chi connectivity index (χ0v) is 36.2. The smallest absolute Gasteiger partial charge is 0.166 e. The van der Waals surface area contributed by atoms with Crippen LogP contribution in [-0.2, 0) is 21.7 Å². The number of halogens is 3. The molecule has 8 rings (SSSR count). The Balaban J connectivity index is 1.57. The average molecular weight is 788 g/mol. The van der Waals surface area contributed by atoms with Gasteiger partial charge in [-0.05, 0) is 116 Å². The van der Waals surface area contributed by atoms with Crippen molar-refractivity contribution in [2.75, 3.05) is 0 Å². The molecule has 59 heavy (non-hydrogen) atoms. The van der Waals surface area contributed by atoms with E-state index in [1.165, 1.54) is 0 Å². The van der Waals surface area contributed by atoms with E-state index in [0.29, 0.717) is 23.0 Å². The summed E-state index contributed by atoms with van der Waals surface area (Å²) in [7, 11) is 0. The zero-order chi connectivity index (χ0) is 42.7. The molecule has 0 spiro atoms. The van der Waals surface area contributed by atoms with Crippen LogP contribution in [0.3, 0.4) is 0 Å². The van der Waals surface area contributed by atoms with Gasteiger partial charge in [-0.2, -0.15) is 5.26 Å². The summed E-state index contributed by atoms with van der Waals surface area (Å²) in [6.45, 7) is 26.2. The van der Waals surface area contributed by atoms with Gasteiger partial charge in [-0.1, -0.05) is 107 Å². The molecule has 0 fully saturated rings. The maximum absolute atomic E-state index is 16.0. The van der Waals surface area contributed by atoms with Crippen molar-refractivity contribution in [3.8, 4) is 28.6 Å². The number of nitrogens with zero attached hydrogens (tertiary/aromatic N) is 3. The normalized spacial score (nSPS) is 13.0. The first-order valence-corrected chi connectivity index (χ1v) is 20.4. The molecule has 0 atom stereocenters. The van der Waals surface area contributed by atoms with E-state index in [1.54, 1.807) is 12.1 Å². The molecule has 8 aromatic rings. The van der Waals surface area contributed by atoms with Crippen LogP contribution in [0.2, 0.25) is 0 Å². The lowest BCUT2D eigenvalue weighted by Crippen LogP contribution is -2.11. The van der Waals surface area contributed by atoms with Crippen molar-refractivity contribution in [1.82, 2.24) is 9.13 Å². The topological polar surface area (TPSA) is 33.6 Å². The molecular formula is C53H52F3N3. The van der Waals surface area contributed by atoms with Crippen LogP contribution in [0, 0.1) is 28.8 Å². The van der Waals surface area contributed by atoms with Gasteiger partial charge in [-0.25, -0.2) is 13.2 Å². The number of fused-ring (bicyclic) bond motifs is 6. The molecule has 0 radical (unpaired) electrons. The van der Waals surface area contributed by atoms with Gasteiger partial charge in [-0.15, -0.1) is 0 Å². The zero-order valence-electron chi connectivity index (χ0n) is 36.2. The highest BCUT2D eigenvalue weighted by Crippen LogP contribution is 2.44. The molecule has 6 aromatic carbocycles. The second-order valence-corrected chi connectivity index (χ2v) is 20.3. The molecule has 0 aliphatic carbocycles. The van der Waals surface area contributed by atoms with E-state index in [4.69, 9.17) is 0 Å². The first-order chi connectivity index (χ1) is 27.5. The Labute approximate surface area is 345 Å². The maximum Gasteiger partial charge on any atom is 0.166 e. The Hall–Kier alpha value is -5.80. The largest absolute Gasteiger partial charge is 0.308 e. The van der Waals surface area contributed by atoms with E-state index in [9.17, 15) is 5.26 Å². The molecule has 0 N–H and O–H groups in total. The van der Waals surface area contributed by atoms with E-state index in [0.717, 1.165) is 71.9 Å². The lowest BCUT2D eigenvalue weighted by molar-refractivity contribution is 0.497. The first-order valence-electron chi connectivity index (χ1n) is 20.4. The summed E-state index contributed by atoms with van der Waals surface area (Å²) in [6, 6.07) is 33.3. The Morgan fingerprint density at radius 3 is 1.05 bits per heavy atom. The molecule has 0 unspecified atom stereocenters. The van der Waals surface area contributed by atoms with Gasteiger partial charge in [0.2, 0.25) is 0 Å². The minimum Gasteiger partial charge on any atom is -0.308 e. The third-order valence-corrected chi connectivity index (χ3v) is 12.0. The van der Waals surface area contributed by atoms with Gasteiger partial charge < -0.3 is 9.13 Å². The Kier molecular flexibility index (Phi) is 9.06. The van der Waals surface area contributed by atoms with Gasteiger partial charge in [0.05, 0.1) is 33.4 Å². The van der Waals surface area contributed by atoms with Crippen molar-refractivity contribution in [3.05, 3.63) is 142 Å². The summed E-state index contributed by atoms with van der Waals surface area (Å²) in [5, 5.41) is 15.5. The molecule has 0 amide bonds. The first kappa shape index (κ1) is 40.0. The van der Waals surface area contributed by atoms with Crippen molar-refractivity contribution in [2.45, 2.75) is 105 Å². The molecule has 300 valence electrons. The number of hydrogen-bond acceptors (Lipinski definition) is 1. The highest BCUT2D eigenvalue weighted by Gasteiger charge is 2.27. The van der Waals surface area contributed by atoms with Crippen molar-refractivity contribution in [1.29, 1.82) is 5.26 Å². The van der Waals surface area contributed by atoms with Crippen molar-refractivity contribution in [2.24, 2.45) is 0 Å². The molecule has 0 aliphatic heterocycles. The van der Waals surface area contributed by atoms with Gasteiger partial charge >= 0.3 is 0 Å². The molecule has 0 bridgehead atoms. The van der Waals surface area contributed by atoms with Gasteiger partial charge in [-0.3, -0.25) is 0 Å². The van der Waals surface area contributed by atoms with Crippen LogP contribution in [0.15, 0.2) is 97.1 Å². The van der Waals surface area contributed by atoms with Crippen molar-refractivity contribution in [3.63, 3.8) is 0 Å². The maximum atomic E-state index is 16.0. The predicted octanol–water partition coefficient (Wildman–Crippen LogP) is 15.0. The monoisotopic (exact) mass is 787 g/mol. The summed E-state index contributed by atoms with van der Waals surface area (Å²) in [4.78, 5) is 0. The molecule has 3 nitrogen and oxygen atoms in total. The van der Waals surface area contributed by atoms with Gasteiger partial charge in [0.1, 0.15) is 17.4 Å². The van der Waals surface area contributed by atoms with E-state index in [1.807, 2.05) is 0 Å². The van der Waals surface area contributed by atoms with Crippen LogP contribution in [0.25, 0.3) is 66.1 Å². The van der Waals surface area contributed by atoms with E-state index in [2.05, 4.69) is 171 Å². The molecular weight excluding hydrogens is 736 g/mol. The second-order valence-electron chi connectivity index (χ2n) is 20.3. The second kappa shape index (κ2) is 13.4. The van der Waals surface area contributed by atoms with Crippen molar-refractivity contribution >= 4 is 43.6 Å². The summed E-state index contributed by atoms with van der Waals surface area (Å²) >= 11 is 0. The number of hydrogen-bond donors (Lipinski definition) is 0. The number of benzene rings is 6. The van der Waals surface area contributed by atoms with Crippen LogP contribution >= 0.6 is 0 Å². The predicted molar refractivity (Wildman–Crippen MR) is 240 cm³/mol. The molecule has 0 saturated carbocycles. The highest BCUT2D eigenvalue weighted by molar-refractivity contribution is 6.12.